The van der Waals surface area contributed by atoms with Gasteiger partial charge in [0.15, 0.2) is 4.34 Å². The number of carbonyl (C=O) groups is 2. The lowest BCUT2D eigenvalue weighted by molar-refractivity contribution is -0.137. The molecule has 3 aromatic rings. The number of ether oxygens (including phenoxy) is 2. The molecule has 0 aliphatic carbocycles. The van der Waals surface area contributed by atoms with Gasteiger partial charge < -0.3 is 14.8 Å². The Morgan fingerprint density at radius 3 is 2.35 bits per heavy atom. The second-order valence-corrected chi connectivity index (χ2v) is 9.07. The van der Waals surface area contributed by atoms with Crippen LogP contribution in [-0.2, 0) is 11.0 Å². The van der Waals surface area contributed by atoms with Gasteiger partial charge in [-0.3, -0.25) is 14.9 Å². The Labute approximate surface area is 204 Å². The molecular weight excluding hydrogens is 517 g/mol. The van der Waals surface area contributed by atoms with Gasteiger partial charge in [-0.25, -0.2) is 0 Å². The normalized spacial score (nSPS) is 11.1. The van der Waals surface area contributed by atoms with Crippen LogP contribution in [0, 0.1) is 0 Å². The van der Waals surface area contributed by atoms with Gasteiger partial charge >= 0.3 is 6.18 Å². The van der Waals surface area contributed by atoms with Crippen molar-refractivity contribution in [2.45, 2.75) is 10.5 Å². The second kappa shape index (κ2) is 10.9. The number of benzene rings is 2. The molecule has 0 fully saturated rings. The number of alkyl halides is 3. The smallest absolute Gasteiger partial charge is 0.416 e. The number of aromatic nitrogens is 2. The van der Waals surface area contributed by atoms with Crippen molar-refractivity contribution in [1.82, 2.24) is 10.2 Å². The molecule has 2 amide bonds. The van der Waals surface area contributed by atoms with Gasteiger partial charge in [0, 0.05) is 11.6 Å². The van der Waals surface area contributed by atoms with E-state index < -0.39 is 23.6 Å². The standard InChI is InChI=1S/C20H16ClF3N4O4S2/c1-31-12-5-10(6-13(8-12)32-2)17(30)26-18-27-28-19(34-18)33-9-16(29)25-15-7-11(20(22,23)24)3-4-14(15)21/h3-8H,9H2,1-2H3,(H,25,29)(H,26,27,30). The number of hydrogen-bond donors (Lipinski definition) is 2. The highest BCUT2D eigenvalue weighted by Gasteiger charge is 2.31. The van der Waals surface area contributed by atoms with E-state index >= 15 is 0 Å². The van der Waals surface area contributed by atoms with Gasteiger partial charge in [0.25, 0.3) is 5.91 Å². The zero-order valence-corrected chi connectivity index (χ0v) is 19.9. The van der Waals surface area contributed by atoms with Crippen LogP contribution in [0.1, 0.15) is 15.9 Å². The Hall–Kier alpha value is -3.03. The van der Waals surface area contributed by atoms with Gasteiger partial charge in [-0.1, -0.05) is 34.7 Å². The first-order valence-electron chi connectivity index (χ1n) is 9.26. The van der Waals surface area contributed by atoms with Gasteiger partial charge in [0.1, 0.15) is 11.5 Å². The number of carbonyl (C=O) groups excluding carboxylic acids is 2. The predicted molar refractivity (Wildman–Crippen MR) is 123 cm³/mol. The summed E-state index contributed by atoms with van der Waals surface area (Å²) >= 11 is 7.90. The summed E-state index contributed by atoms with van der Waals surface area (Å²) in [6.07, 6.45) is -4.57. The zero-order valence-electron chi connectivity index (χ0n) is 17.5. The molecule has 180 valence electrons. The van der Waals surface area contributed by atoms with Crippen molar-refractivity contribution in [3.05, 3.63) is 52.5 Å². The lowest BCUT2D eigenvalue weighted by Crippen LogP contribution is -2.15. The van der Waals surface area contributed by atoms with Crippen LogP contribution >= 0.6 is 34.7 Å². The van der Waals surface area contributed by atoms with Crippen molar-refractivity contribution in [3.8, 4) is 11.5 Å². The predicted octanol–water partition coefficient (Wildman–Crippen LogP) is 5.21. The summed E-state index contributed by atoms with van der Waals surface area (Å²) in [6, 6.07) is 7.32. The van der Waals surface area contributed by atoms with E-state index in [4.69, 9.17) is 21.1 Å². The lowest BCUT2D eigenvalue weighted by Gasteiger charge is -2.11. The fourth-order valence-electron chi connectivity index (χ4n) is 2.54. The van der Waals surface area contributed by atoms with Gasteiger partial charge in [-0.2, -0.15) is 13.2 Å². The molecular formula is C20H16ClF3N4O4S2. The van der Waals surface area contributed by atoms with Crippen LogP contribution in [0.2, 0.25) is 5.02 Å². The molecule has 1 heterocycles. The molecule has 0 aliphatic heterocycles. The molecule has 14 heteroatoms. The number of methoxy groups -OCH3 is 2. The highest BCUT2D eigenvalue weighted by molar-refractivity contribution is 8.01. The Balaban J connectivity index is 1.58. The molecule has 0 bridgehead atoms. The maximum atomic E-state index is 12.9. The van der Waals surface area contributed by atoms with Crippen LogP contribution in [0.25, 0.3) is 0 Å². The molecule has 2 aromatic carbocycles. The average Bonchev–Trinajstić information content (AvgIpc) is 3.25. The average molecular weight is 533 g/mol. The number of amides is 2. The third kappa shape index (κ3) is 6.74. The summed E-state index contributed by atoms with van der Waals surface area (Å²) in [6.45, 7) is 0. The van der Waals surface area contributed by atoms with Crippen LogP contribution in [0.3, 0.4) is 0 Å². The monoisotopic (exact) mass is 532 g/mol. The SMILES string of the molecule is COc1cc(OC)cc(C(=O)Nc2nnc(SCC(=O)Nc3cc(C(F)(F)F)ccc3Cl)s2)c1. The Morgan fingerprint density at radius 1 is 1.06 bits per heavy atom. The highest BCUT2D eigenvalue weighted by Crippen LogP contribution is 2.34. The summed E-state index contributed by atoms with van der Waals surface area (Å²) in [7, 11) is 2.92. The van der Waals surface area contributed by atoms with Crippen LogP contribution in [0.5, 0.6) is 11.5 Å². The molecule has 0 saturated heterocycles. The molecule has 0 aliphatic rings. The summed E-state index contributed by atoms with van der Waals surface area (Å²) in [4.78, 5) is 24.7. The van der Waals surface area contributed by atoms with Crippen molar-refractivity contribution >= 4 is 57.3 Å². The fourth-order valence-corrected chi connectivity index (χ4v) is 4.25. The first-order valence-corrected chi connectivity index (χ1v) is 11.4. The van der Waals surface area contributed by atoms with Crippen LogP contribution in [0.4, 0.5) is 24.0 Å². The summed E-state index contributed by atoms with van der Waals surface area (Å²) in [5.74, 6) is -0.352. The summed E-state index contributed by atoms with van der Waals surface area (Å²) in [5.41, 5.74) is -0.808. The number of nitrogens with one attached hydrogen (secondary N) is 2. The Morgan fingerprint density at radius 2 is 1.74 bits per heavy atom. The number of halogens is 4. The third-order valence-corrected chi connectivity index (χ3v) is 6.44. The minimum Gasteiger partial charge on any atom is -0.497 e. The van der Waals surface area contributed by atoms with Crippen LogP contribution < -0.4 is 20.1 Å². The molecule has 0 unspecified atom stereocenters. The lowest BCUT2D eigenvalue weighted by atomic mass is 10.2. The molecule has 34 heavy (non-hydrogen) atoms. The second-order valence-electron chi connectivity index (χ2n) is 6.46. The maximum absolute atomic E-state index is 12.9. The van der Waals surface area contributed by atoms with Crippen molar-refractivity contribution < 1.29 is 32.2 Å². The Kier molecular flexibility index (Phi) is 8.23. The van der Waals surface area contributed by atoms with E-state index in [0.29, 0.717) is 15.8 Å². The molecule has 2 N–H and O–H groups in total. The van der Waals surface area contributed by atoms with Gasteiger partial charge in [-0.15, -0.1) is 10.2 Å². The van der Waals surface area contributed by atoms with E-state index in [0.717, 1.165) is 41.3 Å². The molecule has 0 saturated carbocycles. The van der Waals surface area contributed by atoms with Crippen molar-refractivity contribution in [1.29, 1.82) is 0 Å². The van der Waals surface area contributed by atoms with Crippen molar-refractivity contribution in [2.24, 2.45) is 0 Å². The topological polar surface area (TPSA) is 102 Å². The van der Waals surface area contributed by atoms with Gasteiger partial charge in [-0.05, 0) is 30.3 Å². The molecule has 8 nitrogen and oxygen atoms in total. The molecule has 0 atom stereocenters. The maximum Gasteiger partial charge on any atom is 0.416 e. The zero-order chi connectivity index (χ0) is 24.9. The van der Waals surface area contributed by atoms with Gasteiger partial charge in [0.05, 0.1) is 36.2 Å². The van der Waals surface area contributed by atoms with E-state index in [2.05, 4.69) is 20.8 Å². The summed E-state index contributed by atoms with van der Waals surface area (Å²) in [5, 5.41) is 12.8. The van der Waals surface area contributed by atoms with E-state index in [1.54, 1.807) is 6.07 Å². The summed E-state index contributed by atoms with van der Waals surface area (Å²) < 4.78 is 49.2. The minimum atomic E-state index is -4.57. The van der Waals surface area contributed by atoms with Crippen LogP contribution in [0.15, 0.2) is 40.7 Å². The van der Waals surface area contributed by atoms with E-state index in [1.807, 2.05) is 0 Å². The molecule has 0 radical (unpaired) electrons. The highest BCUT2D eigenvalue weighted by atomic mass is 35.5. The van der Waals surface area contributed by atoms with E-state index in [1.165, 1.54) is 26.4 Å². The molecule has 1 aromatic heterocycles. The van der Waals surface area contributed by atoms with E-state index in [-0.39, 0.29) is 27.2 Å². The molecule has 3 rings (SSSR count). The number of rotatable bonds is 8. The number of hydrogen-bond acceptors (Lipinski definition) is 8. The fraction of sp³-hybridized carbons (Fsp3) is 0.200. The van der Waals surface area contributed by atoms with Gasteiger partial charge in [0.2, 0.25) is 11.0 Å². The quantitative estimate of drug-likeness (QED) is 0.303. The third-order valence-electron chi connectivity index (χ3n) is 4.14. The minimum absolute atomic E-state index is 0.0264. The largest absolute Gasteiger partial charge is 0.497 e. The number of nitrogens with zero attached hydrogens (tertiary/aromatic N) is 2. The number of anilines is 2. The molecule has 0 spiro atoms. The van der Waals surface area contributed by atoms with E-state index in [9.17, 15) is 22.8 Å². The van der Waals surface area contributed by atoms with Crippen LogP contribution in [-0.4, -0.2) is 42.0 Å². The first kappa shape index (κ1) is 25.6. The Bertz CT molecular complexity index is 1180. The van der Waals surface area contributed by atoms with Crippen molar-refractivity contribution in [2.75, 3.05) is 30.6 Å². The first-order chi connectivity index (χ1) is 16.1. The number of thioether (sulfide) groups is 1. The van der Waals surface area contributed by atoms with Crippen molar-refractivity contribution in [3.63, 3.8) is 0 Å².